The van der Waals surface area contributed by atoms with Gasteiger partial charge < -0.3 is 5.11 Å². The number of piperidine rings is 1. The molecule has 0 unspecified atom stereocenters. The Labute approximate surface area is 97.9 Å². The van der Waals surface area contributed by atoms with E-state index in [9.17, 15) is 5.11 Å². The summed E-state index contributed by atoms with van der Waals surface area (Å²) >= 11 is 0. The molecule has 1 heterocycles. The summed E-state index contributed by atoms with van der Waals surface area (Å²) in [5, 5.41) is 10.2. The summed E-state index contributed by atoms with van der Waals surface area (Å²) in [6, 6.07) is 10.9. The zero-order valence-electron chi connectivity index (χ0n) is 10.1. The van der Waals surface area contributed by atoms with Crippen molar-refractivity contribution in [2.45, 2.75) is 38.3 Å². The van der Waals surface area contributed by atoms with Gasteiger partial charge in [-0.15, -0.1) is 0 Å². The van der Waals surface area contributed by atoms with Crippen LogP contribution in [0.15, 0.2) is 30.3 Å². The van der Waals surface area contributed by atoms with Crippen LogP contribution in [-0.2, 0) is 0 Å². The summed E-state index contributed by atoms with van der Waals surface area (Å²) in [6.07, 6.45) is 0.835. The lowest BCUT2D eigenvalue weighted by Gasteiger charge is -2.38. The average Bonchev–Trinajstić information content (AvgIpc) is 2.30. The molecule has 2 atom stereocenters. The molecule has 0 amide bonds. The van der Waals surface area contributed by atoms with Gasteiger partial charge in [-0.2, -0.15) is 0 Å². The van der Waals surface area contributed by atoms with Crippen LogP contribution in [0.5, 0.6) is 0 Å². The van der Waals surface area contributed by atoms with Crippen LogP contribution in [0.1, 0.15) is 31.7 Å². The average molecular weight is 219 g/mol. The van der Waals surface area contributed by atoms with Gasteiger partial charge in [0.15, 0.2) is 0 Å². The van der Waals surface area contributed by atoms with Crippen LogP contribution < -0.4 is 0 Å². The van der Waals surface area contributed by atoms with Gasteiger partial charge >= 0.3 is 0 Å². The molecular formula is C14H21NO. The lowest BCUT2D eigenvalue weighted by Crippen LogP contribution is -2.45. The highest BCUT2D eigenvalue weighted by molar-refractivity contribution is 5.21. The molecule has 1 fully saturated rings. The molecule has 1 saturated heterocycles. The van der Waals surface area contributed by atoms with Gasteiger partial charge in [0.2, 0.25) is 0 Å². The van der Waals surface area contributed by atoms with E-state index < -0.39 is 0 Å². The van der Waals surface area contributed by atoms with E-state index in [0.29, 0.717) is 12.0 Å². The van der Waals surface area contributed by atoms with Crippen molar-refractivity contribution in [1.82, 2.24) is 4.90 Å². The van der Waals surface area contributed by atoms with E-state index in [1.807, 2.05) is 6.07 Å². The minimum Gasteiger partial charge on any atom is -0.391 e. The number of benzene rings is 1. The van der Waals surface area contributed by atoms with Crippen molar-refractivity contribution in [3.63, 3.8) is 0 Å². The summed E-state index contributed by atoms with van der Waals surface area (Å²) in [5.74, 6) is 0.316. The lowest BCUT2D eigenvalue weighted by molar-refractivity contribution is 0.0369. The Hall–Kier alpha value is -0.860. The van der Waals surface area contributed by atoms with Gasteiger partial charge in [-0.1, -0.05) is 30.3 Å². The van der Waals surface area contributed by atoms with Crippen LogP contribution in [0.3, 0.4) is 0 Å². The van der Waals surface area contributed by atoms with Gasteiger partial charge in [-0.25, -0.2) is 0 Å². The van der Waals surface area contributed by atoms with Gasteiger partial charge in [0, 0.05) is 18.5 Å². The van der Waals surface area contributed by atoms with E-state index >= 15 is 0 Å². The fourth-order valence-corrected chi connectivity index (χ4v) is 2.51. The predicted molar refractivity (Wildman–Crippen MR) is 66.5 cm³/mol. The monoisotopic (exact) mass is 219 g/mol. The van der Waals surface area contributed by atoms with E-state index in [-0.39, 0.29) is 6.10 Å². The van der Waals surface area contributed by atoms with E-state index in [0.717, 1.165) is 19.5 Å². The number of aliphatic hydroxyl groups is 1. The van der Waals surface area contributed by atoms with Crippen LogP contribution in [0.4, 0.5) is 0 Å². The molecule has 16 heavy (non-hydrogen) atoms. The van der Waals surface area contributed by atoms with Crippen molar-refractivity contribution in [3.8, 4) is 0 Å². The summed E-state index contributed by atoms with van der Waals surface area (Å²) in [4.78, 5) is 2.35. The zero-order chi connectivity index (χ0) is 11.5. The Kier molecular flexibility index (Phi) is 3.62. The van der Waals surface area contributed by atoms with Crippen molar-refractivity contribution in [1.29, 1.82) is 0 Å². The molecule has 2 heteroatoms. The third kappa shape index (κ3) is 2.45. The molecule has 1 N–H and O–H groups in total. The number of aliphatic hydroxyl groups excluding tert-OH is 1. The molecule has 2 nitrogen and oxygen atoms in total. The van der Waals surface area contributed by atoms with Crippen LogP contribution >= 0.6 is 0 Å². The van der Waals surface area contributed by atoms with Crippen molar-refractivity contribution in [3.05, 3.63) is 35.9 Å². The first kappa shape index (κ1) is 11.6. The second-order valence-corrected chi connectivity index (χ2v) is 4.96. The SMILES string of the molecule is CC(C)N1CC[C@H](c2ccccc2)[C@@H](O)C1. The molecule has 1 aromatic rings. The molecule has 0 radical (unpaired) electrons. The summed E-state index contributed by atoms with van der Waals surface area (Å²) < 4.78 is 0. The first-order valence-electron chi connectivity index (χ1n) is 6.15. The number of hydrogen-bond donors (Lipinski definition) is 1. The van der Waals surface area contributed by atoms with Gasteiger partial charge in [-0.3, -0.25) is 4.90 Å². The third-order valence-corrected chi connectivity index (χ3v) is 3.57. The smallest absolute Gasteiger partial charge is 0.0736 e. The molecule has 88 valence electrons. The standard InChI is InChI=1S/C14H21NO/c1-11(2)15-9-8-13(14(16)10-15)12-6-4-3-5-7-12/h3-7,11,13-14,16H,8-10H2,1-2H3/t13-,14+/m1/s1. The van der Waals surface area contributed by atoms with Crippen LogP contribution in [0.25, 0.3) is 0 Å². The second-order valence-electron chi connectivity index (χ2n) is 4.96. The Morgan fingerprint density at radius 1 is 1.25 bits per heavy atom. The maximum atomic E-state index is 10.2. The van der Waals surface area contributed by atoms with E-state index in [2.05, 4.69) is 43.0 Å². The highest BCUT2D eigenvalue weighted by Crippen LogP contribution is 2.28. The molecule has 1 aliphatic heterocycles. The Bertz CT molecular complexity index is 323. The number of β-amino-alcohol motifs (C(OH)–C–C–N with tert-alkyl or cyclic N) is 1. The molecule has 0 aromatic heterocycles. The lowest BCUT2D eigenvalue weighted by atomic mass is 9.87. The van der Waals surface area contributed by atoms with Crippen molar-refractivity contribution >= 4 is 0 Å². The molecule has 0 bridgehead atoms. The van der Waals surface area contributed by atoms with Gasteiger partial charge in [0.1, 0.15) is 0 Å². The third-order valence-electron chi connectivity index (χ3n) is 3.57. The summed E-state index contributed by atoms with van der Waals surface area (Å²) in [6.45, 7) is 6.27. The topological polar surface area (TPSA) is 23.5 Å². The second kappa shape index (κ2) is 4.98. The summed E-state index contributed by atoms with van der Waals surface area (Å²) in [5.41, 5.74) is 1.28. The zero-order valence-corrected chi connectivity index (χ0v) is 10.1. The van der Waals surface area contributed by atoms with Crippen LogP contribution in [0, 0.1) is 0 Å². The number of likely N-dealkylation sites (tertiary alicyclic amines) is 1. The van der Waals surface area contributed by atoms with Gasteiger partial charge in [0.05, 0.1) is 6.10 Å². The van der Waals surface area contributed by atoms with E-state index in [1.54, 1.807) is 0 Å². The molecule has 1 aromatic carbocycles. The molecule has 0 saturated carbocycles. The minimum atomic E-state index is -0.224. The number of nitrogens with zero attached hydrogens (tertiary/aromatic N) is 1. The highest BCUT2D eigenvalue weighted by atomic mass is 16.3. The minimum absolute atomic E-state index is 0.224. The molecule has 1 aliphatic rings. The van der Waals surface area contributed by atoms with Crippen LogP contribution in [-0.4, -0.2) is 35.2 Å². The Morgan fingerprint density at radius 3 is 2.50 bits per heavy atom. The molecule has 0 aliphatic carbocycles. The predicted octanol–water partition coefficient (Wildman–Crippen LogP) is 2.25. The molecule has 0 spiro atoms. The maximum absolute atomic E-state index is 10.2. The fourth-order valence-electron chi connectivity index (χ4n) is 2.51. The first-order chi connectivity index (χ1) is 7.68. The van der Waals surface area contributed by atoms with Crippen molar-refractivity contribution in [2.75, 3.05) is 13.1 Å². The summed E-state index contributed by atoms with van der Waals surface area (Å²) in [7, 11) is 0. The Morgan fingerprint density at radius 2 is 1.94 bits per heavy atom. The molecular weight excluding hydrogens is 198 g/mol. The first-order valence-corrected chi connectivity index (χ1v) is 6.15. The van der Waals surface area contributed by atoms with E-state index in [1.165, 1.54) is 5.56 Å². The fraction of sp³-hybridized carbons (Fsp3) is 0.571. The van der Waals surface area contributed by atoms with Crippen LogP contribution in [0.2, 0.25) is 0 Å². The Balaban J connectivity index is 2.05. The maximum Gasteiger partial charge on any atom is 0.0736 e. The van der Waals surface area contributed by atoms with Crippen molar-refractivity contribution in [2.24, 2.45) is 0 Å². The quantitative estimate of drug-likeness (QED) is 0.824. The van der Waals surface area contributed by atoms with Gasteiger partial charge in [0.25, 0.3) is 0 Å². The number of rotatable bonds is 2. The van der Waals surface area contributed by atoms with Gasteiger partial charge in [-0.05, 0) is 32.4 Å². The number of hydrogen-bond acceptors (Lipinski definition) is 2. The van der Waals surface area contributed by atoms with Crippen molar-refractivity contribution < 1.29 is 5.11 Å². The van der Waals surface area contributed by atoms with E-state index in [4.69, 9.17) is 0 Å². The molecule has 2 rings (SSSR count). The largest absolute Gasteiger partial charge is 0.391 e. The normalized spacial score (nSPS) is 27.2. The highest BCUT2D eigenvalue weighted by Gasteiger charge is 2.29.